The lowest BCUT2D eigenvalue weighted by Crippen LogP contribution is -2.30. The number of amides is 1. The van der Waals surface area contributed by atoms with Crippen LogP contribution >= 0.6 is 11.8 Å². The number of alkyl carbamates (subject to hydrolysis) is 1. The molecule has 2 heterocycles. The van der Waals surface area contributed by atoms with Crippen LogP contribution in [0.3, 0.4) is 0 Å². The van der Waals surface area contributed by atoms with Crippen molar-refractivity contribution in [2.75, 3.05) is 18.9 Å². The van der Waals surface area contributed by atoms with Crippen molar-refractivity contribution in [2.45, 2.75) is 30.2 Å². The summed E-state index contributed by atoms with van der Waals surface area (Å²) in [7, 11) is 0. The fraction of sp³-hybridized carbons (Fsp3) is 0.389. The molecule has 0 spiro atoms. The minimum absolute atomic E-state index is 0.154. The highest BCUT2D eigenvalue weighted by Gasteiger charge is 2.31. The van der Waals surface area contributed by atoms with Gasteiger partial charge >= 0.3 is 12.3 Å². The number of ether oxygens (including phenoxy) is 1. The number of para-hydroxylation sites is 1. The Hall–Kier alpha value is -2.69. The molecule has 4 rings (SSSR count). The first-order valence-corrected chi connectivity index (χ1v) is 10.0. The zero-order valence-corrected chi connectivity index (χ0v) is 16.0. The predicted molar refractivity (Wildman–Crippen MR) is 102 cm³/mol. The van der Waals surface area contributed by atoms with Gasteiger partial charge in [0.05, 0.1) is 0 Å². The number of benzene rings is 1. The lowest BCUT2D eigenvalue weighted by Gasteiger charge is -2.10. The molecule has 1 aliphatic rings. The van der Waals surface area contributed by atoms with Gasteiger partial charge in [-0.05, 0) is 18.9 Å². The fourth-order valence-electron chi connectivity index (χ4n) is 2.97. The minimum atomic E-state index is -4.54. The zero-order chi connectivity index (χ0) is 20.4. The van der Waals surface area contributed by atoms with Crippen molar-refractivity contribution in [1.29, 1.82) is 0 Å². The van der Waals surface area contributed by atoms with Gasteiger partial charge < -0.3 is 15.0 Å². The van der Waals surface area contributed by atoms with Crippen molar-refractivity contribution in [1.82, 2.24) is 25.1 Å². The number of H-pyrrole nitrogens is 1. The number of carbonyl (C=O) groups excluding carboxylic acids is 1. The Morgan fingerprint density at radius 1 is 1.31 bits per heavy atom. The smallest absolute Gasteiger partial charge is 0.422 e. The molecular formula is C18H18F3N5O2S. The van der Waals surface area contributed by atoms with Gasteiger partial charge in [-0.1, -0.05) is 30.0 Å². The highest BCUT2D eigenvalue weighted by molar-refractivity contribution is 7.99. The number of hydrogen-bond donors (Lipinski definition) is 2. The molecule has 0 bridgehead atoms. The molecule has 0 saturated heterocycles. The number of alkyl halides is 3. The Labute approximate surface area is 168 Å². The minimum Gasteiger partial charge on any atom is -0.440 e. The van der Waals surface area contributed by atoms with Crippen LogP contribution < -0.4 is 5.32 Å². The molecule has 1 amide bonds. The molecule has 0 radical (unpaired) electrons. The third-order valence-electron chi connectivity index (χ3n) is 4.38. The molecule has 0 atom stereocenters. The lowest BCUT2D eigenvalue weighted by atomic mass is 10.1. The molecule has 29 heavy (non-hydrogen) atoms. The van der Waals surface area contributed by atoms with Crippen LogP contribution in [0, 0.1) is 0 Å². The number of nitrogens with one attached hydrogen (secondary N) is 2. The van der Waals surface area contributed by atoms with Crippen molar-refractivity contribution in [3.63, 3.8) is 0 Å². The average Bonchev–Trinajstić information content (AvgIpc) is 3.30. The molecule has 0 unspecified atom stereocenters. The number of fused-ring (bicyclic) bond motifs is 1. The maximum atomic E-state index is 12.0. The molecule has 7 nitrogen and oxygen atoms in total. The molecule has 2 aromatic heterocycles. The SMILES string of the molecule is O=C(NCCSc1nnc(-c2c[nH]c3ccccc23)n1C1CC1)OCC(F)(F)F. The van der Waals surface area contributed by atoms with Crippen LogP contribution in [0.4, 0.5) is 18.0 Å². The number of aromatic nitrogens is 4. The van der Waals surface area contributed by atoms with Crippen LogP contribution in [-0.2, 0) is 4.74 Å². The summed E-state index contributed by atoms with van der Waals surface area (Å²) in [5.41, 5.74) is 1.99. The van der Waals surface area contributed by atoms with Gasteiger partial charge in [-0.25, -0.2) is 4.79 Å². The molecule has 1 aromatic carbocycles. The first-order valence-electron chi connectivity index (χ1n) is 9.04. The molecule has 1 fully saturated rings. The average molecular weight is 425 g/mol. The van der Waals surface area contributed by atoms with Gasteiger partial charge in [-0.15, -0.1) is 10.2 Å². The van der Waals surface area contributed by atoms with Gasteiger partial charge in [0, 0.05) is 41.0 Å². The summed E-state index contributed by atoms with van der Waals surface area (Å²) in [5.74, 6) is 1.21. The van der Waals surface area contributed by atoms with Gasteiger partial charge in [-0.2, -0.15) is 13.2 Å². The van der Waals surface area contributed by atoms with Crippen molar-refractivity contribution in [3.8, 4) is 11.4 Å². The number of thioether (sulfide) groups is 1. The summed E-state index contributed by atoms with van der Waals surface area (Å²) in [6, 6.07) is 8.28. The van der Waals surface area contributed by atoms with Crippen LogP contribution in [0.15, 0.2) is 35.6 Å². The van der Waals surface area contributed by atoms with E-state index in [4.69, 9.17) is 0 Å². The molecule has 1 saturated carbocycles. The van der Waals surface area contributed by atoms with Gasteiger partial charge in [0.15, 0.2) is 17.6 Å². The van der Waals surface area contributed by atoms with E-state index in [9.17, 15) is 18.0 Å². The summed E-state index contributed by atoms with van der Waals surface area (Å²) in [6.45, 7) is -1.45. The van der Waals surface area contributed by atoms with E-state index >= 15 is 0 Å². The summed E-state index contributed by atoms with van der Waals surface area (Å²) >= 11 is 1.39. The van der Waals surface area contributed by atoms with Gasteiger partial charge in [0.2, 0.25) is 0 Å². The maximum absolute atomic E-state index is 12.0. The highest BCUT2D eigenvalue weighted by atomic mass is 32.2. The van der Waals surface area contributed by atoms with Crippen molar-refractivity contribution < 1.29 is 22.7 Å². The standard InChI is InChI=1S/C18H18F3N5O2S/c19-18(20,21)10-28-17(27)22-7-8-29-16-25-24-15(26(16)11-5-6-11)13-9-23-14-4-2-1-3-12(13)14/h1-4,9,11,23H,5-8,10H2,(H,22,27). The van der Waals surface area contributed by atoms with Crippen LogP contribution in [0.1, 0.15) is 18.9 Å². The molecule has 1 aliphatic carbocycles. The quantitative estimate of drug-likeness (QED) is 0.439. The van der Waals surface area contributed by atoms with E-state index in [0.29, 0.717) is 11.8 Å². The second kappa shape index (κ2) is 7.97. The van der Waals surface area contributed by atoms with Crippen molar-refractivity contribution >= 4 is 28.8 Å². The predicted octanol–water partition coefficient (Wildman–Crippen LogP) is 4.14. The Bertz CT molecular complexity index is 1010. The number of halogens is 3. The number of hydrogen-bond acceptors (Lipinski definition) is 5. The Kier molecular flexibility index (Phi) is 5.39. The van der Waals surface area contributed by atoms with Gasteiger partial charge in [0.1, 0.15) is 0 Å². The van der Waals surface area contributed by atoms with E-state index in [1.54, 1.807) is 0 Å². The van der Waals surface area contributed by atoms with Crippen LogP contribution in [0.2, 0.25) is 0 Å². The monoisotopic (exact) mass is 425 g/mol. The van der Waals surface area contributed by atoms with E-state index in [1.807, 2.05) is 30.5 Å². The first kappa shape index (κ1) is 19.6. The van der Waals surface area contributed by atoms with E-state index in [2.05, 4.69) is 29.8 Å². The van der Waals surface area contributed by atoms with E-state index in [-0.39, 0.29) is 6.54 Å². The Morgan fingerprint density at radius 2 is 2.10 bits per heavy atom. The summed E-state index contributed by atoms with van der Waals surface area (Å²) in [6.07, 6.45) is -1.62. The van der Waals surface area contributed by atoms with Crippen LogP contribution in [0.5, 0.6) is 0 Å². The molecule has 154 valence electrons. The summed E-state index contributed by atoms with van der Waals surface area (Å²) in [5, 5.41) is 12.8. The summed E-state index contributed by atoms with van der Waals surface area (Å²) < 4.78 is 42.3. The summed E-state index contributed by atoms with van der Waals surface area (Å²) in [4.78, 5) is 14.5. The molecule has 0 aliphatic heterocycles. The lowest BCUT2D eigenvalue weighted by molar-refractivity contribution is -0.160. The van der Waals surface area contributed by atoms with E-state index in [1.165, 1.54) is 11.8 Å². The van der Waals surface area contributed by atoms with Crippen LogP contribution in [-0.4, -0.2) is 50.9 Å². The third-order valence-corrected chi connectivity index (χ3v) is 5.32. The number of carbonyl (C=O) groups is 1. The molecular weight excluding hydrogens is 407 g/mol. The Morgan fingerprint density at radius 3 is 2.86 bits per heavy atom. The van der Waals surface area contributed by atoms with E-state index in [0.717, 1.165) is 40.3 Å². The van der Waals surface area contributed by atoms with Crippen LogP contribution in [0.25, 0.3) is 22.3 Å². The topological polar surface area (TPSA) is 84.8 Å². The second-order valence-corrected chi connectivity index (χ2v) is 7.68. The highest BCUT2D eigenvalue weighted by Crippen LogP contribution is 2.42. The number of aromatic amines is 1. The fourth-order valence-corrected chi connectivity index (χ4v) is 3.83. The number of nitrogens with zero attached hydrogens (tertiary/aromatic N) is 3. The van der Waals surface area contributed by atoms with Crippen molar-refractivity contribution in [2.24, 2.45) is 0 Å². The van der Waals surface area contributed by atoms with Crippen molar-refractivity contribution in [3.05, 3.63) is 30.5 Å². The van der Waals surface area contributed by atoms with E-state index < -0.39 is 18.9 Å². The maximum Gasteiger partial charge on any atom is 0.422 e. The van der Waals surface area contributed by atoms with Gasteiger partial charge in [0.25, 0.3) is 0 Å². The second-order valence-electron chi connectivity index (χ2n) is 6.62. The molecule has 3 aromatic rings. The zero-order valence-electron chi connectivity index (χ0n) is 15.2. The molecule has 2 N–H and O–H groups in total. The molecule has 11 heteroatoms. The first-order chi connectivity index (χ1) is 13.9. The normalized spacial score (nSPS) is 14.3. The number of rotatable bonds is 7. The largest absolute Gasteiger partial charge is 0.440 e. The van der Waals surface area contributed by atoms with Gasteiger partial charge in [-0.3, -0.25) is 4.57 Å². The third kappa shape index (κ3) is 4.66. The Balaban J connectivity index is 1.40.